The van der Waals surface area contributed by atoms with Crippen molar-refractivity contribution in [2.75, 3.05) is 0 Å². The summed E-state index contributed by atoms with van der Waals surface area (Å²) in [7, 11) is 1.62. The third-order valence-electron chi connectivity index (χ3n) is 5.84. The van der Waals surface area contributed by atoms with Gasteiger partial charge in [-0.25, -0.2) is 14.6 Å². The molecule has 1 fully saturated rings. The quantitative estimate of drug-likeness (QED) is 0.546. The van der Waals surface area contributed by atoms with Crippen LogP contribution in [0.15, 0.2) is 33.9 Å². The maximum Gasteiger partial charge on any atom is 0.330 e. The van der Waals surface area contributed by atoms with Crippen molar-refractivity contribution in [1.29, 1.82) is 0 Å². The van der Waals surface area contributed by atoms with Crippen LogP contribution in [0.2, 0.25) is 5.02 Å². The maximum atomic E-state index is 13.2. The van der Waals surface area contributed by atoms with Gasteiger partial charge in [0.2, 0.25) is 0 Å². The van der Waals surface area contributed by atoms with Crippen LogP contribution in [0.25, 0.3) is 11.2 Å². The predicted molar refractivity (Wildman–Crippen MR) is 118 cm³/mol. The van der Waals surface area contributed by atoms with Crippen molar-refractivity contribution in [3.8, 4) is 0 Å². The zero-order valence-electron chi connectivity index (χ0n) is 17.9. The molecule has 11 heteroatoms. The van der Waals surface area contributed by atoms with E-state index < -0.39 is 28.7 Å². The Bertz CT molecular complexity index is 1340. The van der Waals surface area contributed by atoms with Gasteiger partial charge in [0, 0.05) is 18.6 Å². The van der Waals surface area contributed by atoms with Crippen LogP contribution in [0.1, 0.15) is 38.1 Å². The van der Waals surface area contributed by atoms with Gasteiger partial charge in [-0.2, -0.15) is 0 Å². The van der Waals surface area contributed by atoms with Gasteiger partial charge in [0.25, 0.3) is 11.5 Å². The van der Waals surface area contributed by atoms with Crippen LogP contribution >= 0.6 is 11.6 Å². The topological polar surface area (TPSA) is 122 Å². The second-order valence-corrected chi connectivity index (χ2v) is 8.41. The lowest BCUT2D eigenvalue weighted by Crippen LogP contribution is -2.40. The number of carbonyl (C=O) groups is 2. The number of carbonyl (C=O) groups excluding carboxylic acids is 2. The molecule has 2 aromatic heterocycles. The van der Waals surface area contributed by atoms with Crippen LogP contribution in [-0.2, 0) is 30.5 Å². The highest BCUT2D eigenvalue weighted by Crippen LogP contribution is 2.30. The molecule has 1 aromatic carbocycles. The van der Waals surface area contributed by atoms with Gasteiger partial charge in [0.05, 0.1) is 6.54 Å². The van der Waals surface area contributed by atoms with Gasteiger partial charge in [-0.1, -0.05) is 37.1 Å². The van der Waals surface area contributed by atoms with E-state index in [9.17, 15) is 19.2 Å². The number of fused-ring (bicyclic) bond motifs is 1. The van der Waals surface area contributed by atoms with Gasteiger partial charge in [0.1, 0.15) is 11.4 Å². The van der Waals surface area contributed by atoms with Crippen molar-refractivity contribution >= 4 is 34.7 Å². The Labute approximate surface area is 187 Å². The van der Waals surface area contributed by atoms with Crippen molar-refractivity contribution in [1.82, 2.24) is 29.3 Å². The van der Waals surface area contributed by atoms with E-state index in [-0.39, 0.29) is 17.7 Å². The third kappa shape index (κ3) is 3.40. The molecule has 1 aliphatic heterocycles. The molecule has 1 unspecified atom stereocenters. The lowest BCUT2D eigenvalue weighted by molar-refractivity contribution is -0.131. The van der Waals surface area contributed by atoms with E-state index in [1.54, 1.807) is 38.2 Å². The van der Waals surface area contributed by atoms with Crippen LogP contribution < -0.4 is 16.6 Å². The van der Waals surface area contributed by atoms with Gasteiger partial charge in [-0.15, -0.1) is 0 Å². The number of aromatic nitrogens is 4. The molecule has 0 saturated carbocycles. The minimum absolute atomic E-state index is 0.152. The van der Waals surface area contributed by atoms with Crippen molar-refractivity contribution < 1.29 is 9.59 Å². The number of nitrogens with zero attached hydrogens (tertiary/aromatic N) is 4. The summed E-state index contributed by atoms with van der Waals surface area (Å²) in [4.78, 5) is 58.5. The standard InChI is InChI=1S/C21H23ClN6O4/c1-4-5-10-27-16-15(17(29)24-19(27)31)26(3)14(23-16)11-28-18(30)21(2,25-20(28)32)12-6-8-13(22)9-7-12/h6-9H,4-5,10-11H2,1-3H3,(H,25,32)(H,24,29,31). The number of aromatic amines is 1. The van der Waals surface area contributed by atoms with Gasteiger partial charge in [-0.05, 0) is 31.0 Å². The molecule has 1 atom stereocenters. The molecule has 0 bridgehead atoms. The summed E-state index contributed by atoms with van der Waals surface area (Å²) in [5.74, 6) is -0.139. The molecule has 32 heavy (non-hydrogen) atoms. The van der Waals surface area contributed by atoms with Crippen LogP contribution in [0.4, 0.5) is 4.79 Å². The predicted octanol–water partition coefficient (Wildman–Crippen LogP) is 1.84. The van der Waals surface area contributed by atoms with E-state index in [1.807, 2.05) is 6.92 Å². The zero-order valence-corrected chi connectivity index (χ0v) is 18.7. The van der Waals surface area contributed by atoms with Crippen LogP contribution in [-0.4, -0.2) is 35.9 Å². The molecule has 1 saturated heterocycles. The highest BCUT2D eigenvalue weighted by atomic mass is 35.5. The van der Waals surface area contributed by atoms with Crippen LogP contribution in [0, 0.1) is 0 Å². The SMILES string of the molecule is CCCCn1c(=O)[nH]c(=O)c2c1nc(CN1C(=O)NC(C)(c3ccc(Cl)cc3)C1=O)n2C. The Morgan fingerprint density at radius 3 is 2.47 bits per heavy atom. The van der Waals surface area contributed by atoms with Gasteiger partial charge >= 0.3 is 11.7 Å². The molecule has 3 heterocycles. The van der Waals surface area contributed by atoms with E-state index in [4.69, 9.17) is 11.6 Å². The van der Waals surface area contributed by atoms with Crippen molar-refractivity contribution in [2.24, 2.45) is 7.05 Å². The first-order valence-corrected chi connectivity index (χ1v) is 10.6. The van der Waals surface area contributed by atoms with Gasteiger partial charge in [0.15, 0.2) is 11.2 Å². The molecule has 3 aromatic rings. The fourth-order valence-electron chi connectivity index (χ4n) is 3.92. The second kappa shape index (κ2) is 7.94. The summed E-state index contributed by atoms with van der Waals surface area (Å²) in [6.45, 7) is 3.86. The van der Waals surface area contributed by atoms with E-state index in [2.05, 4.69) is 15.3 Å². The Balaban J connectivity index is 1.73. The Morgan fingerprint density at radius 1 is 1.12 bits per heavy atom. The molecular weight excluding hydrogens is 436 g/mol. The number of imidazole rings is 1. The van der Waals surface area contributed by atoms with Crippen LogP contribution in [0.5, 0.6) is 0 Å². The minimum atomic E-state index is -1.26. The largest absolute Gasteiger partial charge is 0.330 e. The Morgan fingerprint density at radius 2 is 1.81 bits per heavy atom. The Hall–Kier alpha value is -3.40. The summed E-state index contributed by atoms with van der Waals surface area (Å²) in [6, 6.07) is 6.10. The number of amides is 3. The highest BCUT2D eigenvalue weighted by molar-refractivity contribution is 6.30. The number of H-pyrrole nitrogens is 1. The number of hydrogen-bond acceptors (Lipinski definition) is 5. The molecule has 4 rings (SSSR count). The summed E-state index contributed by atoms with van der Waals surface area (Å²) < 4.78 is 2.92. The fourth-order valence-corrected chi connectivity index (χ4v) is 4.04. The molecule has 0 aliphatic carbocycles. The van der Waals surface area contributed by atoms with Crippen molar-refractivity contribution in [2.45, 2.75) is 45.3 Å². The number of hydrogen-bond donors (Lipinski definition) is 2. The fraction of sp³-hybridized carbons (Fsp3) is 0.381. The molecule has 10 nitrogen and oxygen atoms in total. The normalized spacial score (nSPS) is 18.6. The second-order valence-electron chi connectivity index (χ2n) is 7.98. The molecule has 168 valence electrons. The lowest BCUT2D eigenvalue weighted by Gasteiger charge is -2.22. The number of rotatable bonds is 6. The number of halogens is 1. The lowest BCUT2D eigenvalue weighted by atomic mass is 9.92. The van der Waals surface area contributed by atoms with E-state index >= 15 is 0 Å². The number of urea groups is 1. The average molecular weight is 459 g/mol. The van der Waals surface area contributed by atoms with Crippen molar-refractivity contribution in [3.05, 3.63) is 61.5 Å². The average Bonchev–Trinajstić information content (AvgIpc) is 3.18. The summed E-state index contributed by atoms with van der Waals surface area (Å²) in [5.41, 5.74) is -1.32. The summed E-state index contributed by atoms with van der Waals surface area (Å²) in [6.07, 6.45) is 1.60. The zero-order chi connectivity index (χ0) is 23.2. The van der Waals surface area contributed by atoms with Gasteiger partial charge < -0.3 is 9.88 Å². The summed E-state index contributed by atoms with van der Waals surface area (Å²) in [5, 5.41) is 3.25. The van der Waals surface area contributed by atoms with E-state index in [0.717, 1.165) is 17.7 Å². The number of aryl methyl sites for hydroxylation is 2. The Kier molecular flexibility index (Phi) is 5.41. The molecule has 2 N–H and O–H groups in total. The monoisotopic (exact) mass is 458 g/mol. The number of benzene rings is 1. The molecule has 0 spiro atoms. The first kappa shape index (κ1) is 21.8. The van der Waals surface area contributed by atoms with Crippen LogP contribution in [0.3, 0.4) is 0 Å². The third-order valence-corrected chi connectivity index (χ3v) is 6.09. The maximum absolute atomic E-state index is 13.2. The number of nitrogens with one attached hydrogen (secondary N) is 2. The smallest absolute Gasteiger partial charge is 0.324 e. The molecule has 0 radical (unpaired) electrons. The summed E-state index contributed by atoms with van der Waals surface area (Å²) >= 11 is 5.94. The van der Waals surface area contributed by atoms with Crippen molar-refractivity contribution in [3.63, 3.8) is 0 Å². The minimum Gasteiger partial charge on any atom is -0.324 e. The molecule has 1 aliphatic rings. The van der Waals surface area contributed by atoms with Gasteiger partial charge in [-0.3, -0.25) is 24.0 Å². The first-order valence-electron chi connectivity index (χ1n) is 10.3. The number of unbranched alkanes of at least 4 members (excludes halogenated alkanes) is 1. The number of imide groups is 1. The van der Waals surface area contributed by atoms with E-state index in [1.165, 1.54) is 9.13 Å². The highest BCUT2D eigenvalue weighted by Gasteiger charge is 2.49. The first-order chi connectivity index (χ1) is 15.2. The molecule has 3 amide bonds. The molecular formula is C21H23ClN6O4. The van der Waals surface area contributed by atoms with E-state index in [0.29, 0.717) is 23.0 Å².